The van der Waals surface area contributed by atoms with E-state index in [0.29, 0.717) is 74.9 Å². The van der Waals surface area contributed by atoms with Crippen LogP contribution in [-0.2, 0) is 19.3 Å². The number of methoxy groups -OCH3 is 2. The van der Waals surface area contributed by atoms with Gasteiger partial charge in [-0.25, -0.2) is 0 Å². The summed E-state index contributed by atoms with van der Waals surface area (Å²) in [6, 6.07) is 25.4. The standard InChI is InChI=1S/C22H23Cl3N2O4.C16H18Cl3NO5.C6H7N/c1-15(27-31-11-6-9-21(28)26-16-7-4-3-5-8-16)18-13-17(30-12-10-20(24)25)14-19(23)22(18)29-2;1-10(20-25-6-3-4-15(21)22)12-8-11(24-7-5-14(18)19)9-13(17)16(12)23-2;7-6-4-2-1-3-5-6/h3-5,7-8,10,13-14H,6,9,11-12H2,1-2H3,(H,26,28);5,8-9H,3-4,6-7H2,1-2H3,(H,21,22);1-5H,7H2/b27-15+;20-10+;. The molecule has 0 spiro atoms. The van der Waals surface area contributed by atoms with Gasteiger partial charge in [-0.2, -0.15) is 0 Å². The van der Waals surface area contributed by atoms with Crippen molar-refractivity contribution in [1.82, 2.24) is 0 Å². The first-order valence-corrected chi connectivity index (χ1v) is 21.2. The SMILES string of the molecule is COc1c(Cl)cc(OCC=C(Cl)Cl)cc1/C(C)=N/OCCCC(=O)Nc1ccccc1.COc1c(Cl)cc(OCC=C(Cl)Cl)cc1/C(C)=N/OCCCC(=O)O.Nc1ccccc1. The molecule has 4 N–H and O–H groups in total. The number of carboxylic acids is 1. The molecule has 0 saturated heterocycles. The van der Waals surface area contributed by atoms with E-state index >= 15 is 0 Å². The van der Waals surface area contributed by atoms with Gasteiger partial charge in [0.2, 0.25) is 5.91 Å². The molecule has 4 rings (SSSR count). The number of halogens is 6. The van der Waals surface area contributed by atoms with Crippen LogP contribution < -0.4 is 30.0 Å². The molecule has 4 aromatic rings. The molecule has 1 amide bonds. The fourth-order valence-corrected chi connectivity index (χ4v) is 5.65. The summed E-state index contributed by atoms with van der Waals surface area (Å²) in [4.78, 5) is 32.9. The van der Waals surface area contributed by atoms with Gasteiger partial charge in [0.25, 0.3) is 0 Å². The molecule has 13 nitrogen and oxygen atoms in total. The number of amides is 1. The topological polar surface area (TPSA) is 173 Å². The molecule has 0 saturated carbocycles. The summed E-state index contributed by atoms with van der Waals surface area (Å²) in [5.74, 6) is 0.891. The molecule has 0 fully saturated rings. The second kappa shape index (κ2) is 30.9. The summed E-state index contributed by atoms with van der Waals surface area (Å²) in [5.41, 5.74) is 9.20. The van der Waals surface area contributed by atoms with E-state index in [1.165, 1.54) is 26.4 Å². The molecule has 0 aliphatic rings. The number of hydrogen-bond donors (Lipinski definition) is 3. The van der Waals surface area contributed by atoms with Crippen LogP contribution in [-0.4, -0.2) is 69.1 Å². The first kappa shape index (κ1) is 54.1. The molecule has 340 valence electrons. The minimum atomic E-state index is -0.881. The molecule has 4 aromatic carbocycles. The minimum absolute atomic E-state index is 0.0176. The maximum Gasteiger partial charge on any atom is 0.303 e. The predicted molar refractivity (Wildman–Crippen MR) is 255 cm³/mol. The van der Waals surface area contributed by atoms with Gasteiger partial charge in [-0.15, -0.1) is 0 Å². The lowest BCUT2D eigenvalue weighted by Crippen LogP contribution is -2.12. The summed E-state index contributed by atoms with van der Waals surface area (Å²) in [5, 5.41) is 20.2. The zero-order chi connectivity index (χ0) is 46.6. The Balaban J connectivity index is 0.000000380. The Hall–Kier alpha value is -5.02. The lowest BCUT2D eigenvalue weighted by Gasteiger charge is -2.13. The van der Waals surface area contributed by atoms with Gasteiger partial charge in [-0.1, -0.05) is 116 Å². The lowest BCUT2D eigenvalue weighted by molar-refractivity contribution is -0.137. The van der Waals surface area contributed by atoms with Crippen LogP contribution >= 0.6 is 69.6 Å². The van der Waals surface area contributed by atoms with Crippen molar-refractivity contribution in [2.24, 2.45) is 10.3 Å². The largest absolute Gasteiger partial charge is 0.494 e. The van der Waals surface area contributed by atoms with Crippen molar-refractivity contribution >= 4 is 104 Å². The van der Waals surface area contributed by atoms with E-state index in [4.69, 9.17) is 109 Å². The zero-order valence-electron chi connectivity index (χ0n) is 34.8. The highest BCUT2D eigenvalue weighted by Gasteiger charge is 2.16. The summed E-state index contributed by atoms with van der Waals surface area (Å²) in [6.45, 7) is 4.30. The molecule has 0 atom stereocenters. The Kier molecular flexibility index (Phi) is 26.6. The number of carbonyl (C=O) groups is 2. The Morgan fingerprint density at radius 1 is 0.683 bits per heavy atom. The lowest BCUT2D eigenvalue weighted by atomic mass is 10.1. The van der Waals surface area contributed by atoms with Crippen LogP contribution in [0.4, 0.5) is 11.4 Å². The third kappa shape index (κ3) is 22.8. The molecular formula is C44H48Cl6N4O9. The number of carbonyl (C=O) groups excluding carboxylic acids is 1. The molecule has 0 bridgehead atoms. The molecule has 19 heteroatoms. The highest BCUT2D eigenvalue weighted by Crippen LogP contribution is 2.35. The summed E-state index contributed by atoms with van der Waals surface area (Å²) in [7, 11) is 3.00. The number of nitrogens with one attached hydrogen (secondary N) is 1. The van der Waals surface area contributed by atoms with Gasteiger partial charge < -0.3 is 44.8 Å². The maximum atomic E-state index is 11.9. The van der Waals surface area contributed by atoms with Gasteiger partial charge in [0.05, 0.1) is 35.7 Å². The average Bonchev–Trinajstić information content (AvgIpc) is 3.23. The van der Waals surface area contributed by atoms with E-state index < -0.39 is 5.97 Å². The highest BCUT2D eigenvalue weighted by atomic mass is 35.5. The normalized spacial score (nSPS) is 10.7. The van der Waals surface area contributed by atoms with Crippen molar-refractivity contribution in [3.63, 3.8) is 0 Å². The van der Waals surface area contributed by atoms with Crippen molar-refractivity contribution < 1.29 is 43.3 Å². The van der Waals surface area contributed by atoms with E-state index in [9.17, 15) is 9.59 Å². The number of aliphatic carboxylic acids is 1. The monoisotopic (exact) mass is 986 g/mol. The van der Waals surface area contributed by atoms with Crippen molar-refractivity contribution in [2.75, 3.05) is 51.7 Å². The Bertz CT molecular complexity index is 2150. The molecule has 0 unspecified atom stereocenters. The van der Waals surface area contributed by atoms with E-state index in [0.717, 1.165) is 11.4 Å². The Morgan fingerprint density at radius 2 is 1.11 bits per heavy atom. The van der Waals surface area contributed by atoms with Gasteiger partial charge >= 0.3 is 5.97 Å². The minimum Gasteiger partial charge on any atom is -0.494 e. The number of oxime groups is 2. The number of para-hydroxylation sites is 2. The molecule has 0 radical (unpaired) electrons. The third-order valence-corrected chi connectivity index (χ3v) is 8.90. The summed E-state index contributed by atoms with van der Waals surface area (Å²) >= 11 is 34.7. The number of anilines is 2. The zero-order valence-corrected chi connectivity index (χ0v) is 39.4. The fourth-order valence-electron chi connectivity index (χ4n) is 4.82. The number of benzene rings is 4. The molecule has 0 heterocycles. The third-order valence-electron chi connectivity index (χ3n) is 7.72. The molecule has 0 aliphatic heterocycles. The van der Waals surface area contributed by atoms with E-state index in [2.05, 4.69) is 15.6 Å². The number of rotatable bonds is 21. The van der Waals surface area contributed by atoms with E-state index in [1.54, 1.807) is 38.1 Å². The van der Waals surface area contributed by atoms with Gasteiger partial charge in [0, 0.05) is 47.5 Å². The van der Waals surface area contributed by atoms with E-state index in [-0.39, 0.29) is 47.7 Å². The van der Waals surface area contributed by atoms with Crippen LogP contribution in [0.3, 0.4) is 0 Å². The van der Waals surface area contributed by atoms with Gasteiger partial charge in [0.15, 0.2) is 0 Å². The predicted octanol–water partition coefficient (Wildman–Crippen LogP) is 12.1. The van der Waals surface area contributed by atoms with Crippen LogP contribution in [0.15, 0.2) is 116 Å². The van der Waals surface area contributed by atoms with Crippen molar-refractivity contribution in [3.05, 3.63) is 127 Å². The van der Waals surface area contributed by atoms with Crippen LogP contribution in [0.5, 0.6) is 23.0 Å². The average molecular weight is 990 g/mol. The van der Waals surface area contributed by atoms with Gasteiger partial charge in [-0.05, 0) is 75.2 Å². The van der Waals surface area contributed by atoms with Crippen LogP contribution in [0.2, 0.25) is 10.0 Å². The highest BCUT2D eigenvalue weighted by molar-refractivity contribution is 6.56. The number of hydrogen-bond acceptors (Lipinski definition) is 11. The van der Waals surface area contributed by atoms with Crippen molar-refractivity contribution in [3.8, 4) is 23.0 Å². The van der Waals surface area contributed by atoms with Gasteiger partial charge in [0.1, 0.15) is 58.4 Å². The molecular weight excluding hydrogens is 941 g/mol. The van der Waals surface area contributed by atoms with Crippen molar-refractivity contribution in [1.29, 1.82) is 0 Å². The Labute approximate surface area is 397 Å². The number of nitrogen functional groups attached to an aromatic ring is 1. The number of nitrogens with zero attached hydrogens (tertiary/aromatic N) is 2. The maximum absolute atomic E-state index is 11.9. The fraction of sp³-hybridized carbons (Fsp3) is 0.273. The second-order valence-corrected chi connectivity index (χ2v) is 15.4. The van der Waals surface area contributed by atoms with Gasteiger partial charge in [-0.3, -0.25) is 9.59 Å². The quantitative estimate of drug-likeness (QED) is 0.0316. The summed E-state index contributed by atoms with van der Waals surface area (Å²) < 4.78 is 22.0. The van der Waals surface area contributed by atoms with Crippen LogP contribution in [0, 0.1) is 0 Å². The Morgan fingerprint density at radius 3 is 1.49 bits per heavy atom. The smallest absolute Gasteiger partial charge is 0.303 e. The number of ether oxygens (including phenoxy) is 4. The number of carboxylic acid groups (broad SMARTS) is 1. The molecule has 0 aliphatic carbocycles. The second-order valence-electron chi connectivity index (χ2n) is 12.5. The molecule has 63 heavy (non-hydrogen) atoms. The van der Waals surface area contributed by atoms with Crippen LogP contribution in [0.25, 0.3) is 0 Å². The summed E-state index contributed by atoms with van der Waals surface area (Å²) in [6.07, 6.45) is 4.22. The van der Waals surface area contributed by atoms with Crippen LogP contribution in [0.1, 0.15) is 50.7 Å². The first-order valence-electron chi connectivity index (χ1n) is 18.9. The van der Waals surface area contributed by atoms with E-state index in [1.807, 2.05) is 60.7 Å². The first-order chi connectivity index (χ1) is 30.1. The molecule has 0 aromatic heterocycles. The number of nitrogens with two attached hydrogens (primary N) is 1. The van der Waals surface area contributed by atoms with Crippen molar-refractivity contribution in [2.45, 2.75) is 39.5 Å².